The third-order valence-electron chi connectivity index (χ3n) is 4.99. The van der Waals surface area contributed by atoms with Crippen molar-refractivity contribution >= 4 is 34.5 Å². The Kier molecular flexibility index (Phi) is 5.34. The molecule has 2 N–H and O–H groups in total. The van der Waals surface area contributed by atoms with Crippen molar-refractivity contribution < 1.29 is 0 Å². The van der Waals surface area contributed by atoms with E-state index < -0.39 is 0 Å². The minimum atomic E-state index is 0.344. The number of hydrogen-bond acceptors (Lipinski definition) is 5. The van der Waals surface area contributed by atoms with Gasteiger partial charge in [0, 0.05) is 30.2 Å². The Morgan fingerprint density at radius 2 is 1.84 bits per heavy atom. The second-order valence-corrected chi connectivity index (χ2v) is 8.69. The number of hydrogen-bond donors (Lipinski definition) is 1. The molecule has 132 valence electrons. The lowest BCUT2D eigenvalue weighted by Gasteiger charge is -2.34. The van der Waals surface area contributed by atoms with Crippen LogP contribution in [0.4, 0.5) is 11.4 Å². The second kappa shape index (κ2) is 7.85. The van der Waals surface area contributed by atoms with E-state index in [2.05, 4.69) is 63.2 Å². The van der Waals surface area contributed by atoms with Gasteiger partial charge in [-0.05, 0) is 48.2 Å². The molecule has 25 heavy (non-hydrogen) atoms. The van der Waals surface area contributed by atoms with Crippen molar-refractivity contribution in [2.24, 2.45) is 5.73 Å². The van der Waals surface area contributed by atoms with Crippen LogP contribution in [0.3, 0.4) is 0 Å². The van der Waals surface area contributed by atoms with Crippen molar-refractivity contribution in [2.45, 2.75) is 37.1 Å². The summed E-state index contributed by atoms with van der Waals surface area (Å²) in [6.07, 6.45) is 6.93. The molecule has 0 radical (unpaired) electrons. The van der Waals surface area contributed by atoms with Crippen LogP contribution in [0.2, 0.25) is 0 Å². The Balaban J connectivity index is 1.63. The fourth-order valence-electron chi connectivity index (χ4n) is 3.64. The molecule has 3 heterocycles. The van der Waals surface area contributed by atoms with Gasteiger partial charge in [0.15, 0.2) is 0 Å². The highest BCUT2D eigenvalue weighted by atomic mass is 32.2. The smallest absolute Gasteiger partial charge is 0.118 e. The Labute approximate surface area is 158 Å². The van der Waals surface area contributed by atoms with Gasteiger partial charge in [-0.3, -0.25) is 0 Å². The minimum Gasteiger partial charge on any atom is -0.370 e. The Bertz CT molecular complexity index is 713. The zero-order valence-electron chi connectivity index (χ0n) is 14.4. The summed E-state index contributed by atoms with van der Waals surface area (Å²) in [6, 6.07) is 13.6. The molecule has 0 spiro atoms. The summed E-state index contributed by atoms with van der Waals surface area (Å²) in [5.41, 5.74) is 8.88. The SMILES string of the molecule is NC1CCCCN(c2ccccc2N2C=CSC2c2cccs2)CC1. The predicted octanol–water partition coefficient (Wildman–Crippen LogP) is 5.18. The van der Waals surface area contributed by atoms with Gasteiger partial charge in [0.05, 0.1) is 11.4 Å². The number of para-hydroxylation sites is 2. The first-order valence-electron chi connectivity index (χ1n) is 9.06. The summed E-state index contributed by atoms with van der Waals surface area (Å²) in [7, 11) is 0. The van der Waals surface area contributed by atoms with Crippen LogP contribution in [0.15, 0.2) is 53.4 Å². The fourth-order valence-corrected chi connectivity index (χ4v) is 5.55. The first kappa shape index (κ1) is 17.0. The van der Waals surface area contributed by atoms with Crippen LogP contribution in [0.5, 0.6) is 0 Å². The molecule has 1 aromatic carbocycles. The largest absolute Gasteiger partial charge is 0.370 e. The van der Waals surface area contributed by atoms with Crippen molar-refractivity contribution in [2.75, 3.05) is 22.9 Å². The van der Waals surface area contributed by atoms with Crippen LogP contribution >= 0.6 is 23.1 Å². The van der Waals surface area contributed by atoms with E-state index >= 15 is 0 Å². The number of nitrogens with zero attached hydrogens (tertiary/aromatic N) is 2. The molecule has 3 nitrogen and oxygen atoms in total. The molecule has 0 bridgehead atoms. The third kappa shape index (κ3) is 3.73. The summed E-state index contributed by atoms with van der Waals surface area (Å²) in [6.45, 7) is 2.17. The highest BCUT2D eigenvalue weighted by Gasteiger charge is 2.27. The lowest BCUT2D eigenvalue weighted by Crippen LogP contribution is -2.34. The van der Waals surface area contributed by atoms with Crippen LogP contribution in [0, 0.1) is 0 Å². The zero-order valence-corrected chi connectivity index (χ0v) is 16.0. The minimum absolute atomic E-state index is 0.344. The monoisotopic (exact) mass is 371 g/mol. The van der Waals surface area contributed by atoms with Crippen LogP contribution in [-0.4, -0.2) is 19.1 Å². The van der Waals surface area contributed by atoms with Crippen molar-refractivity contribution in [3.8, 4) is 0 Å². The number of nitrogens with two attached hydrogens (primary N) is 1. The second-order valence-electron chi connectivity index (χ2n) is 6.72. The molecule has 2 unspecified atom stereocenters. The van der Waals surface area contributed by atoms with E-state index in [0.29, 0.717) is 11.4 Å². The van der Waals surface area contributed by atoms with Gasteiger partial charge in [0.25, 0.3) is 0 Å². The number of anilines is 2. The lowest BCUT2D eigenvalue weighted by molar-refractivity contribution is 0.494. The number of thiophene rings is 1. The molecule has 2 aromatic rings. The van der Waals surface area contributed by atoms with E-state index in [9.17, 15) is 0 Å². The van der Waals surface area contributed by atoms with Gasteiger partial charge < -0.3 is 15.5 Å². The summed E-state index contributed by atoms with van der Waals surface area (Å²) in [4.78, 5) is 6.36. The van der Waals surface area contributed by atoms with Crippen molar-refractivity contribution in [1.29, 1.82) is 0 Å². The van der Waals surface area contributed by atoms with E-state index in [-0.39, 0.29) is 0 Å². The van der Waals surface area contributed by atoms with Crippen LogP contribution < -0.4 is 15.5 Å². The van der Waals surface area contributed by atoms with Gasteiger partial charge in [0.2, 0.25) is 0 Å². The molecule has 1 aromatic heterocycles. The highest BCUT2D eigenvalue weighted by Crippen LogP contribution is 2.46. The van der Waals surface area contributed by atoms with Gasteiger partial charge in [-0.2, -0.15) is 0 Å². The Hall–Kier alpha value is -1.43. The van der Waals surface area contributed by atoms with Crippen LogP contribution in [0.25, 0.3) is 0 Å². The normalized spacial score (nSPS) is 24.4. The summed E-state index contributed by atoms with van der Waals surface area (Å²) < 4.78 is 0. The molecule has 2 atom stereocenters. The molecule has 1 fully saturated rings. The van der Waals surface area contributed by atoms with Crippen molar-refractivity contribution in [1.82, 2.24) is 0 Å². The summed E-state index contributed by atoms with van der Waals surface area (Å²) in [5.74, 6) is 0. The number of benzene rings is 1. The Morgan fingerprint density at radius 1 is 0.960 bits per heavy atom. The van der Waals surface area contributed by atoms with E-state index in [0.717, 1.165) is 19.5 Å². The van der Waals surface area contributed by atoms with Crippen molar-refractivity contribution in [3.63, 3.8) is 0 Å². The van der Waals surface area contributed by atoms with Gasteiger partial charge in [-0.25, -0.2) is 0 Å². The molecule has 0 amide bonds. The average molecular weight is 372 g/mol. The van der Waals surface area contributed by atoms with E-state index in [1.165, 1.54) is 35.5 Å². The molecule has 0 saturated carbocycles. The summed E-state index contributed by atoms with van der Waals surface area (Å²) in [5, 5.41) is 4.72. The first-order valence-corrected chi connectivity index (χ1v) is 10.9. The molecule has 1 saturated heterocycles. The van der Waals surface area contributed by atoms with Crippen LogP contribution in [0.1, 0.15) is 35.9 Å². The molecule has 2 aliphatic rings. The number of rotatable bonds is 3. The molecule has 0 aliphatic carbocycles. The highest BCUT2D eigenvalue weighted by molar-refractivity contribution is 8.02. The molecule has 5 heteroatoms. The van der Waals surface area contributed by atoms with Gasteiger partial charge in [0.1, 0.15) is 5.37 Å². The molecule has 2 aliphatic heterocycles. The molecular formula is C20H25N3S2. The van der Waals surface area contributed by atoms with Crippen molar-refractivity contribution in [3.05, 3.63) is 58.3 Å². The predicted molar refractivity (Wildman–Crippen MR) is 111 cm³/mol. The van der Waals surface area contributed by atoms with E-state index in [1.54, 1.807) is 0 Å². The Morgan fingerprint density at radius 3 is 2.68 bits per heavy atom. The maximum atomic E-state index is 6.24. The van der Waals surface area contributed by atoms with E-state index in [4.69, 9.17) is 5.73 Å². The zero-order chi connectivity index (χ0) is 17.1. The lowest BCUT2D eigenvalue weighted by atomic mass is 10.0. The fraction of sp³-hybridized carbons (Fsp3) is 0.400. The van der Waals surface area contributed by atoms with Gasteiger partial charge >= 0.3 is 0 Å². The standard InChI is InChI=1S/C20H25N3S2/c21-16-6-3-4-11-22(12-10-16)17-7-1-2-8-18(17)23-13-15-25-20(23)19-9-5-14-24-19/h1-2,5,7-9,13-16,20H,3-4,6,10-12,21H2. The third-order valence-corrected chi connectivity index (χ3v) is 7.08. The topological polar surface area (TPSA) is 32.5 Å². The average Bonchev–Trinajstić information content (AvgIpc) is 3.29. The molecule has 4 rings (SSSR count). The molecular weight excluding hydrogens is 346 g/mol. The van der Waals surface area contributed by atoms with Gasteiger partial charge in [-0.15, -0.1) is 23.1 Å². The maximum Gasteiger partial charge on any atom is 0.118 e. The quantitative estimate of drug-likeness (QED) is 0.806. The first-order chi connectivity index (χ1) is 12.3. The van der Waals surface area contributed by atoms with Gasteiger partial charge in [-0.1, -0.05) is 24.6 Å². The summed E-state index contributed by atoms with van der Waals surface area (Å²) >= 11 is 3.72. The van der Waals surface area contributed by atoms with Crippen LogP contribution in [-0.2, 0) is 0 Å². The van der Waals surface area contributed by atoms with E-state index in [1.807, 2.05) is 23.1 Å². The maximum absolute atomic E-state index is 6.24. The number of thioether (sulfide) groups is 1.